The second-order valence-corrected chi connectivity index (χ2v) is 7.47. The van der Waals surface area contributed by atoms with Crippen LogP contribution >= 0.6 is 0 Å². The van der Waals surface area contributed by atoms with E-state index in [1.54, 1.807) is 0 Å². The van der Waals surface area contributed by atoms with Gasteiger partial charge in [-0.3, -0.25) is 4.79 Å². The number of rotatable bonds is 5. The van der Waals surface area contributed by atoms with E-state index in [4.69, 9.17) is 0 Å². The second-order valence-electron chi connectivity index (χ2n) is 7.47. The molecule has 1 amide bonds. The molecule has 1 radical (unpaired) electrons. The van der Waals surface area contributed by atoms with Crippen molar-refractivity contribution in [3.63, 3.8) is 0 Å². The number of carbonyl (C=O) groups is 1. The minimum Gasteiger partial charge on any atom is -0.321 e. The van der Waals surface area contributed by atoms with E-state index in [1.165, 1.54) is 24.8 Å². The normalized spacial score (nSPS) is 15.8. The van der Waals surface area contributed by atoms with Crippen molar-refractivity contribution in [3.8, 4) is 0 Å². The molecule has 3 rings (SSSR count). The van der Waals surface area contributed by atoms with Gasteiger partial charge in [0.1, 0.15) is 6.54 Å². The van der Waals surface area contributed by atoms with Crippen LogP contribution in [0.3, 0.4) is 0 Å². The Bertz CT molecular complexity index is 704. The zero-order valence-corrected chi connectivity index (χ0v) is 18.8. The molecule has 0 unspecified atom stereocenters. The van der Waals surface area contributed by atoms with Crippen molar-refractivity contribution >= 4 is 11.6 Å². The number of para-hydroxylation sites is 1. The summed E-state index contributed by atoms with van der Waals surface area (Å²) in [6, 6.07) is 16.7. The van der Waals surface area contributed by atoms with Crippen LogP contribution in [-0.4, -0.2) is 30.0 Å². The summed E-state index contributed by atoms with van der Waals surface area (Å²) in [7, 11) is 0. The number of benzene rings is 2. The molecule has 4 heteroatoms. The van der Waals surface area contributed by atoms with Gasteiger partial charge in [0.05, 0.1) is 13.1 Å². The molecule has 135 valence electrons. The molecule has 2 aromatic rings. The summed E-state index contributed by atoms with van der Waals surface area (Å²) in [5.41, 5.74) is 4.55. The van der Waals surface area contributed by atoms with E-state index in [-0.39, 0.29) is 38.6 Å². The van der Waals surface area contributed by atoms with Crippen molar-refractivity contribution in [2.24, 2.45) is 0 Å². The fourth-order valence-electron chi connectivity index (χ4n) is 4.02. The van der Waals surface area contributed by atoms with Crippen LogP contribution in [0.15, 0.2) is 48.5 Å². The number of likely N-dealkylation sites (tertiary alicyclic amines) is 1. The minimum atomic E-state index is 0. The first-order valence-corrected chi connectivity index (χ1v) is 9.33. The number of hydrogen-bond acceptors (Lipinski definition) is 1. The molecule has 0 aliphatic carbocycles. The van der Waals surface area contributed by atoms with Crippen LogP contribution in [0.25, 0.3) is 0 Å². The van der Waals surface area contributed by atoms with Gasteiger partial charge >= 0.3 is 0 Å². The predicted molar refractivity (Wildman–Crippen MR) is 103 cm³/mol. The summed E-state index contributed by atoms with van der Waals surface area (Å²) in [6.45, 7) is 7.80. The third kappa shape index (κ3) is 5.48. The molecule has 1 N–H and O–H groups in total. The van der Waals surface area contributed by atoms with Crippen LogP contribution < -0.4 is 5.32 Å². The quantitative estimate of drug-likeness (QED) is 0.704. The van der Waals surface area contributed by atoms with E-state index in [0.29, 0.717) is 6.54 Å². The molecule has 0 spiro atoms. The van der Waals surface area contributed by atoms with E-state index in [1.807, 2.05) is 6.07 Å². The molecular weight excluding hydrogens is 397 g/mol. The molecule has 0 bridgehead atoms. The number of nitrogens with one attached hydrogen (secondary N) is 1. The standard InChI is InChI=1S/C22H28N2O.Y/c1-18-10-9-11-19(2)22(18)23-21(25)17-24(14-7-4-8-15-24)16-20-12-5-3-6-13-20;/h3,5-6,9-13H,4,7-8,14-17H2,1-2H3;/p+1. The predicted octanol–water partition coefficient (Wildman–Crippen LogP) is 4.44. The minimum absolute atomic E-state index is 0. The van der Waals surface area contributed by atoms with E-state index < -0.39 is 0 Å². The molecular formula is C22H29N2OY+. The van der Waals surface area contributed by atoms with E-state index in [2.05, 4.69) is 61.6 Å². The molecule has 0 atom stereocenters. The topological polar surface area (TPSA) is 29.1 Å². The average Bonchev–Trinajstić information content (AvgIpc) is 2.60. The number of anilines is 1. The average molecular weight is 426 g/mol. The van der Waals surface area contributed by atoms with Crippen molar-refractivity contribution in [3.05, 3.63) is 65.2 Å². The van der Waals surface area contributed by atoms with Gasteiger partial charge in [-0.25, -0.2) is 0 Å². The first kappa shape index (κ1) is 21.3. The van der Waals surface area contributed by atoms with E-state index in [0.717, 1.165) is 40.9 Å². The Balaban J connectivity index is 0.00000243. The number of quaternary nitrogens is 1. The Morgan fingerprint density at radius 1 is 0.923 bits per heavy atom. The van der Waals surface area contributed by atoms with Crippen molar-refractivity contribution in [1.82, 2.24) is 0 Å². The van der Waals surface area contributed by atoms with Crippen LogP contribution in [0.2, 0.25) is 0 Å². The van der Waals surface area contributed by atoms with E-state index >= 15 is 0 Å². The number of piperidine rings is 1. The smallest absolute Gasteiger partial charge is 0.279 e. The Hall–Kier alpha value is -1.03. The first-order chi connectivity index (χ1) is 12.1. The zero-order chi connectivity index (χ0) is 17.7. The second kappa shape index (κ2) is 9.78. The van der Waals surface area contributed by atoms with Gasteiger partial charge in [-0.1, -0.05) is 48.5 Å². The van der Waals surface area contributed by atoms with Gasteiger partial charge in [-0.2, -0.15) is 0 Å². The number of nitrogens with zero attached hydrogens (tertiary/aromatic N) is 1. The maximum Gasteiger partial charge on any atom is 0.279 e. The number of hydrogen-bond donors (Lipinski definition) is 1. The van der Waals surface area contributed by atoms with Crippen molar-refractivity contribution in [2.75, 3.05) is 25.0 Å². The molecule has 1 fully saturated rings. The fraction of sp³-hybridized carbons (Fsp3) is 0.409. The largest absolute Gasteiger partial charge is 0.321 e. The number of carbonyl (C=O) groups excluding carboxylic acids is 1. The van der Waals surface area contributed by atoms with Crippen LogP contribution in [0, 0.1) is 13.8 Å². The maximum atomic E-state index is 12.9. The summed E-state index contributed by atoms with van der Waals surface area (Å²) in [5.74, 6) is 0.134. The summed E-state index contributed by atoms with van der Waals surface area (Å²) < 4.78 is 0.876. The Kier molecular flexibility index (Phi) is 8.00. The fourth-order valence-corrected chi connectivity index (χ4v) is 4.02. The van der Waals surface area contributed by atoms with Crippen molar-refractivity contribution in [2.45, 2.75) is 39.7 Å². The molecule has 2 aromatic carbocycles. The number of amides is 1. The Labute approximate surface area is 182 Å². The van der Waals surface area contributed by atoms with Gasteiger partial charge in [0.2, 0.25) is 0 Å². The summed E-state index contributed by atoms with van der Waals surface area (Å²) >= 11 is 0. The van der Waals surface area contributed by atoms with Crippen LogP contribution in [0.4, 0.5) is 5.69 Å². The van der Waals surface area contributed by atoms with Gasteiger partial charge in [-0.15, -0.1) is 0 Å². The zero-order valence-electron chi connectivity index (χ0n) is 16.0. The van der Waals surface area contributed by atoms with Gasteiger partial charge in [0.25, 0.3) is 5.91 Å². The molecule has 1 heterocycles. The molecule has 1 aliphatic heterocycles. The third-order valence-corrected chi connectivity index (χ3v) is 5.35. The van der Waals surface area contributed by atoms with Crippen molar-refractivity contribution in [1.29, 1.82) is 0 Å². The Morgan fingerprint density at radius 2 is 1.54 bits per heavy atom. The van der Waals surface area contributed by atoms with Gasteiger partial charge < -0.3 is 9.80 Å². The summed E-state index contributed by atoms with van der Waals surface area (Å²) in [6.07, 6.45) is 3.71. The van der Waals surface area contributed by atoms with Crippen LogP contribution in [-0.2, 0) is 44.0 Å². The van der Waals surface area contributed by atoms with Gasteiger partial charge in [0, 0.05) is 44.0 Å². The molecule has 1 aliphatic rings. The molecule has 1 saturated heterocycles. The van der Waals surface area contributed by atoms with Gasteiger partial charge in [0.15, 0.2) is 6.54 Å². The van der Waals surface area contributed by atoms with E-state index in [9.17, 15) is 4.79 Å². The number of aryl methyl sites for hydroxylation is 2. The SMILES string of the molecule is Cc1cccc(C)c1NC(=O)C[N+]1(Cc2ccccc2)CCCCC1.[Y]. The maximum absolute atomic E-state index is 12.9. The first-order valence-electron chi connectivity index (χ1n) is 9.33. The van der Waals surface area contributed by atoms with Gasteiger partial charge in [-0.05, 0) is 44.2 Å². The monoisotopic (exact) mass is 426 g/mol. The summed E-state index contributed by atoms with van der Waals surface area (Å²) in [5, 5.41) is 3.18. The van der Waals surface area contributed by atoms with Crippen molar-refractivity contribution < 1.29 is 42.0 Å². The molecule has 0 saturated carbocycles. The Morgan fingerprint density at radius 3 is 2.15 bits per heavy atom. The van der Waals surface area contributed by atoms with Crippen LogP contribution in [0.5, 0.6) is 0 Å². The third-order valence-electron chi connectivity index (χ3n) is 5.35. The molecule has 3 nitrogen and oxygen atoms in total. The molecule has 26 heavy (non-hydrogen) atoms. The molecule has 0 aromatic heterocycles. The summed E-state index contributed by atoms with van der Waals surface area (Å²) in [4.78, 5) is 12.9. The van der Waals surface area contributed by atoms with Crippen LogP contribution in [0.1, 0.15) is 36.0 Å².